The van der Waals surface area contributed by atoms with Crippen LogP contribution in [0.25, 0.3) is 0 Å². The highest BCUT2D eigenvalue weighted by molar-refractivity contribution is 7.89. The average molecular weight is 312 g/mol. The summed E-state index contributed by atoms with van der Waals surface area (Å²) in [7, 11) is -1.68. The topological polar surface area (TPSA) is 78.1 Å². The summed E-state index contributed by atoms with van der Waals surface area (Å²) in [6.07, 6.45) is 5.43. The molecule has 1 aliphatic heterocycles. The molecule has 1 aromatic rings. The molecule has 1 saturated heterocycles. The first-order chi connectivity index (χ1) is 10.1. The Morgan fingerprint density at radius 2 is 2.10 bits per heavy atom. The number of sulfonamides is 1. The maximum atomic E-state index is 13.1. The van der Waals surface area contributed by atoms with Crippen LogP contribution < -0.4 is 5.32 Å². The lowest BCUT2D eigenvalue weighted by Gasteiger charge is -2.36. The van der Waals surface area contributed by atoms with Crippen molar-refractivity contribution in [3.05, 3.63) is 11.3 Å². The molecule has 2 unspecified atom stereocenters. The average Bonchev–Trinajstić information content (AvgIpc) is 3.06. The van der Waals surface area contributed by atoms with Gasteiger partial charge in [0.25, 0.3) is 10.0 Å². The summed E-state index contributed by atoms with van der Waals surface area (Å²) in [4.78, 5) is 0. The molecular formula is C14H24N4O2S. The summed E-state index contributed by atoms with van der Waals surface area (Å²) in [5.41, 5.74) is 1.58. The Kier molecular flexibility index (Phi) is 4.07. The third kappa shape index (κ3) is 2.51. The molecule has 7 heteroatoms. The molecule has 2 atom stereocenters. The van der Waals surface area contributed by atoms with Crippen molar-refractivity contribution in [1.29, 1.82) is 0 Å². The van der Waals surface area contributed by atoms with Gasteiger partial charge in [-0.15, -0.1) is 0 Å². The van der Waals surface area contributed by atoms with Crippen molar-refractivity contribution in [1.82, 2.24) is 19.8 Å². The Bertz CT molecular complexity index is 610. The fourth-order valence-corrected chi connectivity index (χ4v) is 5.77. The van der Waals surface area contributed by atoms with Crippen LogP contribution in [0.4, 0.5) is 0 Å². The first-order valence-electron chi connectivity index (χ1n) is 7.76. The summed E-state index contributed by atoms with van der Waals surface area (Å²) in [6, 6.07) is 0.184. The van der Waals surface area contributed by atoms with Crippen LogP contribution >= 0.6 is 0 Å². The smallest absolute Gasteiger partial charge is 0.262 e. The van der Waals surface area contributed by atoms with Crippen LogP contribution in [0, 0.1) is 12.8 Å². The van der Waals surface area contributed by atoms with Gasteiger partial charge < -0.3 is 5.32 Å². The van der Waals surface area contributed by atoms with Gasteiger partial charge in [-0.05, 0) is 45.6 Å². The van der Waals surface area contributed by atoms with Crippen LogP contribution in [0.1, 0.15) is 43.4 Å². The Morgan fingerprint density at radius 3 is 2.86 bits per heavy atom. The van der Waals surface area contributed by atoms with E-state index >= 15 is 0 Å². The van der Waals surface area contributed by atoms with Crippen molar-refractivity contribution >= 4 is 10.0 Å². The second-order valence-corrected chi connectivity index (χ2v) is 7.98. The van der Waals surface area contributed by atoms with Crippen molar-refractivity contribution in [2.75, 3.05) is 13.6 Å². The Hall–Kier alpha value is -0.920. The van der Waals surface area contributed by atoms with Crippen molar-refractivity contribution in [3.63, 3.8) is 0 Å². The zero-order valence-corrected chi connectivity index (χ0v) is 13.5. The number of hydrogen-bond donors (Lipinski definition) is 2. The third-order valence-electron chi connectivity index (χ3n) is 4.88. The summed E-state index contributed by atoms with van der Waals surface area (Å²) in [5.74, 6) is 0.543. The van der Waals surface area contributed by atoms with E-state index in [0.29, 0.717) is 19.0 Å². The molecule has 0 bridgehead atoms. The van der Waals surface area contributed by atoms with E-state index in [4.69, 9.17) is 0 Å². The highest BCUT2D eigenvalue weighted by Gasteiger charge is 2.42. The first kappa shape index (κ1) is 15.0. The van der Waals surface area contributed by atoms with Gasteiger partial charge in [0.1, 0.15) is 0 Å². The van der Waals surface area contributed by atoms with E-state index in [2.05, 4.69) is 15.5 Å². The molecule has 2 aliphatic rings. The van der Waals surface area contributed by atoms with E-state index in [1.54, 1.807) is 4.31 Å². The zero-order chi connectivity index (χ0) is 15.0. The number of nitrogens with one attached hydrogen (secondary N) is 2. The lowest BCUT2D eigenvalue weighted by Crippen LogP contribution is -2.46. The maximum absolute atomic E-state index is 13.1. The second kappa shape index (κ2) is 5.70. The summed E-state index contributed by atoms with van der Waals surface area (Å²) in [5, 5.41) is 10.2. The van der Waals surface area contributed by atoms with Gasteiger partial charge in [-0.1, -0.05) is 6.42 Å². The SMILES string of the molecule is CNCc1c(S(=O)(=O)N2CCCC3CCCC32)n[nH]c1C. The van der Waals surface area contributed by atoms with Gasteiger partial charge in [-0.3, -0.25) is 5.10 Å². The molecular weight excluding hydrogens is 288 g/mol. The van der Waals surface area contributed by atoms with Crippen LogP contribution in [0.5, 0.6) is 0 Å². The molecule has 0 radical (unpaired) electrons. The van der Waals surface area contributed by atoms with Gasteiger partial charge in [-0.25, -0.2) is 8.42 Å². The Morgan fingerprint density at radius 1 is 1.33 bits per heavy atom. The number of H-pyrrole nitrogens is 1. The quantitative estimate of drug-likeness (QED) is 0.881. The van der Waals surface area contributed by atoms with E-state index in [-0.39, 0.29) is 11.1 Å². The molecule has 1 aromatic heterocycles. The Balaban J connectivity index is 1.96. The molecule has 0 spiro atoms. The normalized spacial score (nSPS) is 27.0. The van der Waals surface area contributed by atoms with E-state index in [1.807, 2.05) is 14.0 Å². The first-order valence-corrected chi connectivity index (χ1v) is 9.20. The van der Waals surface area contributed by atoms with Crippen molar-refractivity contribution < 1.29 is 8.42 Å². The largest absolute Gasteiger partial charge is 0.316 e. The number of aromatic amines is 1. The highest BCUT2D eigenvalue weighted by atomic mass is 32.2. The standard InChI is InChI=1S/C14H24N4O2S/c1-10-12(9-15-2)14(17-16-10)21(19,20)18-8-4-6-11-5-3-7-13(11)18/h11,13,15H,3-9H2,1-2H3,(H,16,17). The van der Waals surface area contributed by atoms with Crippen LogP contribution in [-0.2, 0) is 16.6 Å². The van der Waals surface area contributed by atoms with Crippen molar-refractivity contribution in [2.45, 2.75) is 56.6 Å². The number of aryl methyl sites for hydroxylation is 1. The van der Waals surface area contributed by atoms with E-state index < -0.39 is 10.0 Å². The molecule has 3 rings (SSSR count). The van der Waals surface area contributed by atoms with Crippen molar-refractivity contribution in [3.8, 4) is 0 Å². The molecule has 118 valence electrons. The van der Waals surface area contributed by atoms with Gasteiger partial charge in [0, 0.05) is 30.4 Å². The molecule has 0 aromatic carbocycles. The summed E-state index contributed by atoms with van der Waals surface area (Å²) < 4.78 is 27.8. The predicted molar refractivity (Wildman–Crippen MR) is 80.3 cm³/mol. The number of fused-ring (bicyclic) bond motifs is 1. The van der Waals surface area contributed by atoms with Crippen molar-refractivity contribution in [2.24, 2.45) is 5.92 Å². The fourth-order valence-electron chi connectivity index (χ4n) is 3.85. The Labute approximate surface area is 126 Å². The van der Waals surface area contributed by atoms with E-state index in [9.17, 15) is 8.42 Å². The number of nitrogens with zero attached hydrogens (tertiary/aromatic N) is 2. The molecule has 6 nitrogen and oxygen atoms in total. The second-order valence-electron chi connectivity index (χ2n) is 6.18. The molecule has 0 amide bonds. The molecule has 2 N–H and O–H groups in total. The molecule has 1 aliphatic carbocycles. The molecule has 2 fully saturated rings. The van der Waals surface area contributed by atoms with Crippen LogP contribution in [0.15, 0.2) is 5.03 Å². The minimum Gasteiger partial charge on any atom is -0.316 e. The van der Waals surface area contributed by atoms with Gasteiger partial charge in [0.05, 0.1) is 0 Å². The number of aromatic nitrogens is 2. The number of hydrogen-bond acceptors (Lipinski definition) is 4. The fraction of sp³-hybridized carbons (Fsp3) is 0.786. The van der Waals surface area contributed by atoms with E-state index in [1.165, 1.54) is 12.8 Å². The minimum atomic E-state index is -3.50. The molecule has 2 heterocycles. The van der Waals surface area contributed by atoms with Gasteiger partial charge in [-0.2, -0.15) is 9.40 Å². The van der Waals surface area contributed by atoms with Crippen LogP contribution in [0.2, 0.25) is 0 Å². The lowest BCUT2D eigenvalue weighted by molar-refractivity contribution is 0.201. The zero-order valence-electron chi connectivity index (χ0n) is 12.7. The summed E-state index contributed by atoms with van der Waals surface area (Å²) in [6.45, 7) is 3.01. The van der Waals surface area contributed by atoms with E-state index in [0.717, 1.165) is 30.5 Å². The van der Waals surface area contributed by atoms with Crippen LogP contribution in [0.3, 0.4) is 0 Å². The predicted octanol–water partition coefficient (Wildman–Crippen LogP) is 1.39. The minimum absolute atomic E-state index is 0.184. The number of piperidine rings is 1. The summed E-state index contributed by atoms with van der Waals surface area (Å²) >= 11 is 0. The highest BCUT2D eigenvalue weighted by Crippen LogP contribution is 2.39. The van der Waals surface area contributed by atoms with Crippen LogP contribution in [-0.4, -0.2) is 42.6 Å². The molecule has 1 saturated carbocycles. The molecule has 21 heavy (non-hydrogen) atoms. The van der Waals surface area contributed by atoms with Gasteiger partial charge in [0.2, 0.25) is 0 Å². The van der Waals surface area contributed by atoms with Gasteiger partial charge in [0.15, 0.2) is 5.03 Å². The maximum Gasteiger partial charge on any atom is 0.262 e. The lowest BCUT2D eigenvalue weighted by atomic mass is 9.94. The third-order valence-corrected chi connectivity index (χ3v) is 6.78. The van der Waals surface area contributed by atoms with Gasteiger partial charge >= 0.3 is 0 Å². The monoisotopic (exact) mass is 312 g/mol. The number of rotatable bonds is 4.